The van der Waals surface area contributed by atoms with E-state index in [2.05, 4.69) is 5.32 Å². The van der Waals surface area contributed by atoms with E-state index < -0.39 is 0 Å². The molecule has 19 heavy (non-hydrogen) atoms. The second-order valence-corrected chi connectivity index (χ2v) is 4.69. The van der Waals surface area contributed by atoms with Crippen LogP contribution in [0.1, 0.15) is 36.9 Å². The molecule has 1 aliphatic rings. The van der Waals surface area contributed by atoms with Gasteiger partial charge in [-0.15, -0.1) is 12.4 Å². The molecule has 3 atom stereocenters. The van der Waals surface area contributed by atoms with Crippen molar-refractivity contribution in [3.8, 4) is 0 Å². The number of ketones is 1. The molecule has 1 fully saturated rings. The van der Waals surface area contributed by atoms with E-state index in [1.54, 1.807) is 12.5 Å². The van der Waals surface area contributed by atoms with Gasteiger partial charge in [0.2, 0.25) is 0 Å². The molecular weight excluding hydrogens is 266 g/mol. The van der Waals surface area contributed by atoms with E-state index in [4.69, 9.17) is 8.83 Å². The molecule has 0 radical (unpaired) electrons. The molecule has 0 spiro atoms. The van der Waals surface area contributed by atoms with Gasteiger partial charge in [0.15, 0.2) is 0 Å². The van der Waals surface area contributed by atoms with Crippen LogP contribution in [0.3, 0.4) is 0 Å². The monoisotopic (exact) mass is 281 g/mol. The number of hydrogen-bond donors (Lipinski definition) is 1. The van der Waals surface area contributed by atoms with Gasteiger partial charge in [0.25, 0.3) is 0 Å². The largest absolute Gasteiger partial charge is 0.468 e. The van der Waals surface area contributed by atoms with E-state index in [0.717, 1.165) is 11.5 Å². The minimum absolute atomic E-state index is 0. The SMILES string of the molecule is CC1C(=O)CC(c2ccco2)NC1c1ccco1.Cl. The van der Waals surface area contributed by atoms with Crippen molar-refractivity contribution in [2.24, 2.45) is 5.92 Å². The first-order valence-electron chi connectivity index (χ1n) is 6.11. The average molecular weight is 282 g/mol. The number of carbonyl (C=O) groups excluding carboxylic acids is 1. The van der Waals surface area contributed by atoms with Crippen molar-refractivity contribution in [1.82, 2.24) is 5.32 Å². The highest BCUT2D eigenvalue weighted by Gasteiger charge is 2.37. The van der Waals surface area contributed by atoms with Gasteiger partial charge in [-0.05, 0) is 24.3 Å². The lowest BCUT2D eigenvalue weighted by atomic mass is 9.85. The Bertz CT molecular complexity index is 521. The third kappa shape index (κ3) is 2.60. The van der Waals surface area contributed by atoms with E-state index in [1.165, 1.54) is 0 Å². The Morgan fingerprint density at radius 1 is 1.16 bits per heavy atom. The molecule has 1 saturated heterocycles. The number of rotatable bonds is 2. The second kappa shape index (κ2) is 5.63. The maximum atomic E-state index is 12.1. The molecule has 4 nitrogen and oxygen atoms in total. The molecule has 5 heteroatoms. The summed E-state index contributed by atoms with van der Waals surface area (Å²) >= 11 is 0. The molecule has 2 aromatic rings. The van der Waals surface area contributed by atoms with Gasteiger partial charge < -0.3 is 8.83 Å². The first-order valence-corrected chi connectivity index (χ1v) is 6.11. The minimum atomic E-state index is -0.0867. The van der Waals surface area contributed by atoms with Gasteiger partial charge in [0, 0.05) is 12.3 Å². The number of hydrogen-bond acceptors (Lipinski definition) is 4. The Morgan fingerprint density at radius 3 is 2.37 bits per heavy atom. The van der Waals surface area contributed by atoms with E-state index in [9.17, 15) is 4.79 Å². The van der Waals surface area contributed by atoms with Crippen molar-refractivity contribution in [2.45, 2.75) is 25.4 Å². The van der Waals surface area contributed by atoms with Crippen LogP contribution in [0, 0.1) is 5.92 Å². The van der Waals surface area contributed by atoms with Crippen LogP contribution in [0.25, 0.3) is 0 Å². The molecular formula is C14H16ClNO3. The lowest BCUT2D eigenvalue weighted by Gasteiger charge is -2.32. The molecule has 1 aliphatic heterocycles. The molecule has 3 unspecified atom stereocenters. The van der Waals surface area contributed by atoms with Gasteiger partial charge in [-0.25, -0.2) is 0 Å². The maximum Gasteiger partial charge on any atom is 0.139 e. The zero-order chi connectivity index (χ0) is 12.5. The molecule has 3 rings (SSSR count). The smallest absolute Gasteiger partial charge is 0.139 e. The Hall–Kier alpha value is -1.52. The van der Waals surface area contributed by atoms with Crippen molar-refractivity contribution in [2.75, 3.05) is 0 Å². The highest BCUT2D eigenvalue weighted by Crippen LogP contribution is 2.34. The van der Waals surface area contributed by atoms with Crippen LogP contribution in [0.2, 0.25) is 0 Å². The number of halogens is 1. The summed E-state index contributed by atoms with van der Waals surface area (Å²) in [5.41, 5.74) is 0. The van der Waals surface area contributed by atoms with Crippen molar-refractivity contribution in [3.63, 3.8) is 0 Å². The van der Waals surface area contributed by atoms with Gasteiger partial charge in [0.05, 0.1) is 24.6 Å². The van der Waals surface area contributed by atoms with E-state index in [0.29, 0.717) is 6.42 Å². The number of nitrogens with one attached hydrogen (secondary N) is 1. The maximum absolute atomic E-state index is 12.1. The highest BCUT2D eigenvalue weighted by molar-refractivity contribution is 5.85. The summed E-state index contributed by atoms with van der Waals surface area (Å²) in [6.45, 7) is 1.93. The van der Waals surface area contributed by atoms with Crippen molar-refractivity contribution >= 4 is 18.2 Å². The van der Waals surface area contributed by atoms with Crippen molar-refractivity contribution in [3.05, 3.63) is 48.3 Å². The van der Waals surface area contributed by atoms with Gasteiger partial charge in [-0.1, -0.05) is 6.92 Å². The zero-order valence-electron chi connectivity index (χ0n) is 10.5. The van der Waals surface area contributed by atoms with Crippen LogP contribution in [-0.4, -0.2) is 5.78 Å². The quantitative estimate of drug-likeness (QED) is 0.918. The minimum Gasteiger partial charge on any atom is -0.468 e. The molecule has 0 aliphatic carbocycles. The summed E-state index contributed by atoms with van der Waals surface area (Å²) < 4.78 is 10.8. The molecule has 1 N–H and O–H groups in total. The topological polar surface area (TPSA) is 55.4 Å². The summed E-state index contributed by atoms with van der Waals surface area (Å²) in [6.07, 6.45) is 3.72. The van der Waals surface area contributed by atoms with E-state index in [1.807, 2.05) is 31.2 Å². The molecule has 0 amide bonds. The van der Waals surface area contributed by atoms with Crippen LogP contribution in [0.5, 0.6) is 0 Å². The van der Waals surface area contributed by atoms with E-state index in [-0.39, 0.29) is 36.2 Å². The third-order valence-electron chi connectivity index (χ3n) is 3.53. The van der Waals surface area contributed by atoms with Gasteiger partial charge in [-0.3, -0.25) is 10.1 Å². The average Bonchev–Trinajstić information content (AvgIpc) is 3.03. The fraction of sp³-hybridized carbons (Fsp3) is 0.357. The standard InChI is InChI=1S/C14H15NO3.ClH/c1-9-11(16)8-10(12-4-2-6-17-12)15-14(9)13-5-3-7-18-13;/h2-7,9-10,14-15H,8H2,1H3;1H. The molecule has 0 saturated carbocycles. The Balaban J connectivity index is 0.00000133. The predicted molar refractivity (Wildman–Crippen MR) is 72.1 cm³/mol. The lowest BCUT2D eigenvalue weighted by Crippen LogP contribution is -2.40. The summed E-state index contributed by atoms with van der Waals surface area (Å²) in [7, 11) is 0. The van der Waals surface area contributed by atoms with Crippen LogP contribution >= 0.6 is 12.4 Å². The zero-order valence-corrected chi connectivity index (χ0v) is 11.4. The number of Topliss-reactive ketones (excluding diaryl/α,β-unsaturated/α-hetero) is 1. The summed E-state index contributed by atoms with van der Waals surface area (Å²) in [6, 6.07) is 7.30. The predicted octanol–water partition coefficient (Wildman–Crippen LogP) is 3.28. The summed E-state index contributed by atoms with van der Waals surface area (Å²) in [4.78, 5) is 12.1. The summed E-state index contributed by atoms with van der Waals surface area (Å²) in [5, 5.41) is 3.43. The molecule has 102 valence electrons. The normalized spacial score (nSPS) is 27.0. The van der Waals surface area contributed by atoms with Crippen LogP contribution in [0.15, 0.2) is 45.6 Å². The number of piperidine rings is 1. The lowest BCUT2D eigenvalue weighted by molar-refractivity contribution is -0.126. The Morgan fingerprint density at radius 2 is 1.79 bits per heavy atom. The number of carbonyl (C=O) groups is 1. The molecule has 0 aromatic carbocycles. The second-order valence-electron chi connectivity index (χ2n) is 4.69. The fourth-order valence-electron chi connectivity index (χ4n) is 2.46. The molecule has 3 heterocycles. The third-order valence-corrected chi connectivity index (χ3v) is 3.53. The van der Waals surface area contributed by atoms with Crippen LogP contribution in [-0.2, 0) is 4.79 Å². The first-order chi connectivity index (χ1) is 8.75. The highest BCUT2D eigenvalue weighted by atomic mass is 35.5. The van der Waals surface area contributed by atoms with Gasteiger partial charge >= 0.3 is 0 Å². The van der Waals surface area contributed by atoms with Gasteiger partial charge in [-0.2, -0.15) is 0 Å². The summed E-state index contributed by atoms with van der Waals surface area (Å²) in [5.74, 6) is 1.75. The van der Waals surface area contributed by atoms with Crippen LogP contribution < -0.4 is 5.32 Å². The number of furan rings is 2. The fourth-order valence-corrected chi connectivity index (χ4v) is 2.46. The van der Waals surface area contributed by atoms with E-state index >= 15 is 0 Å². The molecule has 0 bridgehead atoms. The van der Waals surface area contributed by atoms with Crippen molar-refractivity contribution < 1.29 is 13.6 Å². The Kier molecular flexibility index (Phi) is 4.12. The Labute approximate surface area is 117 Å². The first kappa shape index (κ1) is 13.9. The van der Waals surface area contributed by atoms with Crippen molar-refractivity contribution in [1.29, 1.82) is 0 Å². The molecule has 2 aromatic heterocycles. The van der Waals surface area contributed by atoms with Gasteiger partial charge in [0.1, 0.15) is 17.3 Å². The van der Waals surface area contributed by atoms with Crippen LogP contribution in [0.4, 0.5) is 0 Å².